The summed E-state index contributed by atoms with van der Waals surface area (Å²) in [5, 5.41) is 7.52. The number of rotatable bonds is 2. The van der Waals surface area contributed by atoms with Gasteiger partial charge in [0.15, 0.2) is 0 Å². The van der Waals surface area contributed by atoms with Crippen LogP contribution in [0.2, 0.25) is 0 Å². The molecule has 1 aliphatic heterocycles. The van der Waals surface area contributed by atoms with E-state index in [0.29, 0.717) is 24.3 Å². The number of hydrogen-bond donors (Lipinski definition) is 0. The maximum atomic E-state index is 13.1. The lowest BCUT2D eigenvalue weighted by Crippen LogP contribution is -2.45. The zero-order valence-corrected chi connectivity index (χ0v) is 16.0. The Kier molecular flexibility index (Phi) is 4.56. The van der Waals surface area contributed by atoms with Crippen LogP contribution in [0.25, 0.3) is 0 Å². The quantitative estimate of drug-likeness (QED) is 0.829. The number of nitrogens with zero attached hydrogens (tertiary/aromatic N) is 5. The highest BCUT2D eigenvalue weighted by Crippen LogP contribution is 2.24. The molecule has 0 unspecified atom stereocenters. The first-order valence-electron chi connectivity index (χ1n) is 8.79. The van der Waals surface area contributed by atoms with E-state index in [9.17, 15) is 9.59 Å². The SMILES string of the molecule is Cc1ccncc1C(=O)N1CCCN1C(=O)c1cc(C(C)(C)C)nn1C. The van der Waals surface area contributed by atoms with Gasteiger partial charge in [0.2, 0.25) is 0 Å². The summed E-state index contributed by atoms with van der Waals surface area (Å²) in [6.07, 6.45) is 3.96. The molecule has 0 aliphatic carbocycles. The third-order valence-corrected chi connectivity index (χ3v) is 4.64. The van der Waals surface area contributed by atoms with Gasteiger partial charge in [0.1, 0.15) is 5.69 Å². The van der Waals surface area contributed by atoms with Crippen LogP contribution in [0, 0.1) is 6.92 Å². The molecule has 2 amide bonds. The van der Waals surface area contributed by atoms with Crippen molar-refractivity contribution in [3.05, 3.63) is 47.0 Å². The number of aromatic nitrogens is 3. The van der Waals surface area contributed by atoms with Gasteiger partial charge in [-0.3, -0.25) is 19.3 Å². The van der Waals surface area contributed by atoms with Crippen LogP contribution in [-0.4, -0.2) is 49.7 Å². The fraction of sp³-hybridized carbons (Fsp3) is 0.474. The van der Waals surface area contributed by atoms with Gasteiger partial charge >= 0.3 is 0 Å². The zero-order chi connectivity index (χ0) is 19.1. The summed E-state index contributed by atoms with van der Waals surface area (Å²) in [5.74, 6) is -0.400. The standard InChI is InChI=1S/C19H25N5O2/c1-13-7-8-20-12-14(13)17(25)23-9-6-10-24(23)18(26)15-11-16(19(2,3)4)21-22(15)5/h7-8,11-12H,6,9-10H2,1-5H3. The predicted molar refractivity (Wildman–Crippen MR) is 97.6 cm³/mol. The van der Waals surface area contributed by atoms with E-state index in [0.717, 1.165) is 17.7 Å². The van der Waals surface area contributed by atoms with Crippen molar-refractivity contribution in [3.8, 4) is 0 Å². The van der Waals surface area contributed by atoms with Gasteiger partial charge in [0.05, 0.1) is 11.3 Å². The Hall–Kier alpha value is -2.70. The van der Waals surface area contributed by atoms with Crippen molar-refractivity contribution >= 4 is 11.8 Å². The first kappa shape index (κ1) is 18.1. The van der Waals surface area contributed by atoms with Crippen LogP contribution < -0.4 is 0 Å². The Bertz CT molecular complexity index is 850. The van der Waals surface area contributed by atoms with Crippen LogP contribution in [0.1, 0.15) is 59.3 Å². The first-order valence-corrected chi connectivity index (χ1v) is 8.79. The molecule has 26 heavy (non-hydrogen) atoms. The predicted octanol–water partition coefficient (Wildman–Crippen LogP) is 2.32. The van der Waals surface area contributed by atoms with Gasteiger partial charge in [-0.15, -0.1) is 0 Å². The van der Waals surface area contributed by atoms with Crippen LogP contribution >= 0.6 is 0 Å². The van der Waals surface area contributed by atoms with E-state index in [1.807, 2.05) is 13.0 Å². The molecule has 0 spiro atoms. The topological polar surface area (TPSA) is 71.3 Å². The van der Waals surface area contributed by atoms with Gasteiger partial charge in [0.25, 0.3) is 11.8 Å². The number of hydrazine groups is 1. The zero-order valence-electron chi connectivity index (χ0n) is 16.0. The molecule has 1 aliphatic rings. The molecular weight excluding hydrogens is 330 g/mol. The van der Waals surface area contributed by atoms with Crippen LogP contribution in [0.4, 0.5) is 0 Å². The maximum Gasteiger partial charge on any atom is 0.290 e. The van der Waals surface area contributed by atoms with Crippen molar-refractivity contribution in [3.63, 3.8) is 0 Å². The highest BCUT2D eigenvalue weighted by Gasteiger charge is 2.34. The molecule has 0 N–H and O–H groups in total. The van der Waals surface area contributed by atoms with Crippen LogP contribution in [0.3, 0.4) is 0 Å². The number of carbonyl (C=O) groups excluding carboxylic acids is 2. The Morgan fingerprint density at radius 3 is 2.35 bits per heavy atom. The summed E-state index contributed by atoms with van der Waals surface area (Å²) in [4.78, 5) is 30.1. The van der Waals surface area contributed by atoms with Crippen molar-refractivity contribution in [2.24, 2.45) is 7.05 Å². The van der Waals surface area contributed by atoms with Crippen molar-refractivity contribution in [1.82, 2.24) is 24.8 Å². The van der Waals surface area contributed by atoms with Crippen molar-refractivity contribution < 1.29 is 9.59 Å². The first-order chi connectivity index (χ1) is 12.2. The lowest BCUT2D eigenvalue weighted by molar-refractivity contribution is 0.0178. The second-order valence-electron chi connectivity index (χ2n) is 7.69. The summed E-state index contributed by atoms with van der Waals surface area (Å²) >= 11 is 0. The summed E-state index contributed by atoms with van der Waals surface area (Å²) in [5.41, 5.74) is 2.55. The highest BCUT2D eigenvalue weighted by molar-refractivity contribution is 5.99. The van der Waals surface area contributed by atoms with E-state index in [2.05, 4.69) is 30.9 Å². The van der Waals surface area contributed by atoms with Gasteiger partial charge in [0, 0.05) is 37.9 Å². The van der Waals surface area contributed by atoms with Gasteiger partial charge < -0.3 is 0 Å². The second-order valence-corrected chi connectivity index (χ2v) is 7.69. The van der Waals surface area contributed by atoms with Crippen LogP contribution in [0.5, 0.6) is 0 Å². The van der Waals surface area contributed by atoms with E-state index in [1.54, 1.807) is 30.2 Å². The van der Waals surface area contributed by atoms with E-state index < -0.39 is 0 Å². The lowest BCUT2D eigenvalue weighted by atomic mass is 9.92. The van der Waals surface area contributed by atoms with Gasteiger partial charge in [-0.25, -0.2) is 10.0 Å². The van der Waals surface area contributed by atoms with Gasteiger partial charge in [-0.05, 0) is 31.0 Å². The van der Waals surface area contributed by atoms with E-state index in [4.69, 9.17) is 0 Å². The molecule has 3 heterocycles. The highest BCUT2D eigenvalue weighted by atomic mass is 16.2. The fourth-order valence-electron chi connectivity index (χ4n) is 3.03. The summed E-state index contributed by atoms with van der Waals surface area (Å²) < 4.78 is 1.60. The molecule has 0 bridgehead atoms. The van der Waals surface area contributed by atoms with Crippen molar-refractivity contribution in [1.29, 1.82) is 0 Å². The molecule has 2 aromatic rings. The monoisotopic (exact) mass is 355 g/mol. The molecular formula is C19H25N5O2. The lowest BCUT2D eigenvalue weighted by Gasteiger charge is -2.28. The number of carbonyl (C=O) groups is 2. The number of aryl methyl sites for hydroxylation is 2. The largest absolute Gasteiger partial charge is 0.290 e. The van der Waals surface area contributed by atoms with Crippen molar-refractivity contribution in [2.45, 2.75) is 39.5 Å². The summed E-state index contributed by atoms with van der Waals surface area (Å²) in [7, 11) is 1.76. The Balaban J connectivity index is 1.89. The summed E-state index contributed by atoms with van der Waals surface area (Å²) in [6, 6.07) is 3.62. The normalized spacial score (nSPS) is 14.8. The molecule has 7 nitrogen and oxygen atoms in total. The van der Waals surface area contributed by atoms with Gasteiger partial charge in [-0.1, -0.05) is 20.8 Å². The molecule has 1 saturated heterocycles. The smallest absolute Gasteiger partial charge is 0.267 e. The van der Waals surface area contributed by atoms with Crippen LogP contribution in [-0.2, 0) is 12.5 Å². The molecule has 0 saturated carbocycles. The average molecular weight is 355 g/mol. The summed E-state index contributed by atoms with van der Waals surface area (Å²) in [6.45, 7) is 9.07. The van der Waals surface area contributed by atoms with E-state index >= 15 is 0 Å². The third-order valence-electron chi connectivity index (χ3n) is 4.64. The Labute approximate surface area is 153 Å². The number of pyridine rings is 1. The van der Waals surface area contributed by atoms with E-state index in [1.165, 1.54) is 10.0 Å². The minimum Gasteiger partial charge on any atom is -0.267 e. The third kappa shape index (κ3) is 3.21. The van der Waals surface area contributed by atoms with Crippen LogP contribution in [0.15, 0.2) is 24.5 Å². The van der Waals surface area contributed by atoms with Gasteiger partial charge in [-0.2, -0.15) is 5.10 Å². The fourth-order valence-corrected chi connectivity index (χ4v) is 3.03. The molecule has 1 fully saturated rings. The minimum atomic E-state index is -0.206. The van der Waals surface area contributed by atoms with E-state index in [-0.39, 0.29) is 17.2 Å². The molecule has 0 atom stereocenters. The minimum absolute atomic E-state index is 0.149. The second kappa shape index (κ2) is 6.55. The molecule has 7 heteroatoms. The number of amides is 2. The average Bonchev–Trinajstić information content (AvgIpc) is 3.20. The molecule has 2 aromatic heterocycles. The Morgan fingerprint density at radius 1 is 1.12 bits per heavy atom. The van der Waals surface area contributed by atoms with Crippen molar-refractivity contribution in [2.75, 3.05) is 13.1 Å². The Morgan fingerprint density at radius 2 is 1.77 bits per heavy atom. The molecule has 3 rings (SSSR count). The maximum absolute atomic E-state index is 13.1. The molecule has 138 valence electrons. The number of hydrogen-bond acceptors (Lipinski definition) is 4. The molecule has 0 radical (unpaired) electrons. The molecule has 0 aromatic carbocycles.